The van der Waals surface area contributed by atoms with E-state index in [0.717, 1.165) is 0 Å². The monoisotopic (exact) mass is 649 g/mol. The smallest absolute Gasteiger partial charge is 0.260 e. The Morgan fingerprint density at radius 3 is 1.82 bits per heavy atom. The Kier molecular flexibility index (Phi) is 6.68. The van der Waals surface area contributed by atoms with E-state index in [2.05, 4.69) is 180 Å². The van der Waals surface area contributed by atoms with Gasteiger partial charge in [-0.25, -0.2) is 0 Å². The molecule has 0 N–H and O–H groups in total. The van der Waals surface area contributed by atoms with Gasteiger partial charge in [0.25, 0.3) is 6.71 Å². The van der Waals surface area contributed by atoms with Gasteiger partial charge >= 0.3 is 0 Å². The Bertz CT molecular complexity index is 2410. The molecule has 2 aliphatic heterocycles. The quantitative estimate of drug-likeness (QED) is 0.172. The Balaban J connectivity index is 1.40. The van der Waals surface area contributed by atoms with Crippen molar-refractivity contribution in [1.29, 1.82) is 0 Å². The summed E-state index contributed by atoms with van der Waals surface area (Å²) in [6.07, 6.45) is 0. The third-order valence-corrected chi connectivity index (χ3v) is 11.8. The second-order valence-corrected chi connectivity index (χ2v) is 16.9. The third-order valence-electron chi connectivity index (χ3n) is 10.6. The van der Waals surface area contributed by atoms with Crippen molar-refractivity contribution in [2.45, 2.75) is 52.4 Å². The van der Waals surface area contributed by atoms with E-state index in [-0.39, 0.29) is 17.5 Å². The van der Waals surface area contributed by atoms with E-state index in [0.29, 0.717) is 0 Å². The maximum atomic E-state index is 2.60. The molecule has 6 aromatic carbocycles. The summed E-state index contributed by atoms with van der Waals surface area (Å²) in [4.78, 5) is 2.60. The Morgan fingerprint density at radius 2 is 1.12 bits per heavy atom. The van der Waals surface area contributed by atoms with Crippen LogP contribution in [0.3, 0.4) is 0 Å². The van der Waals surface area contributed by atoms with Crippen molar-refractivity contribution in [2.75, 3.05) is 4.90 Å². The second kappa shape index (κ2) is 10.8. The molecule has 49 heavy (non-hydrogen) atoms. The second-order valence-electron chi connectivity index (χ2n) is 15.8. The molecule has 0 fully saturated rings. The van der Waals surface area contributed by atoms with Crippen LogP contribution in [0.1, 0.15) is 52.7 Å². The molecule has 7 aromatic rings. The molecule has 0 radical (unpaired) electrons. The van der Waals surface area contributed by atoms with E-state index in [1.807, 2.05) is 11.3 Å². The number of thiophene rings is 1. The normalized spacial score (nSPS) is 13.4. The van der Waals surface area contributed by atoms with Crippen LogP contribution in [-0.4, -0.2) is 6.71 Å². The fourth-order valence-electron chi connectivity index (χ4n) is 8.05. The van der Waals surface area contributed by atoms with Crippen LogP contribution in [0, 0.1) is 0 Å². The summed E-state index contributed by atoms with van der Waals surface area (Å²) in [5.41, 5.74) is 17.2. The first kappa shape index (κ1) is 30.2. The summed E-state index contributed by atoms with van der Waals surface area (Å²) in [6, 6.07) is 50.2. The van der Waals surface area contributed by atoms with Gasteiger partial charge in [-0.2, -0.15) is 0 Å². The van der Waals surface area contributed by atoms with Crippen molar-refractivity contribution >= 4 is 60.9 Å². The van der Waals surface area contributed by atoms with Crippen LogP contribution < -0.4 is 20.6 Å². The first-order valence-corrected chi connectivity index (χ1v) is 18.3. The molecule has 3 heteroatoms. The molecule has 0 spiro atoms. The predicted octanol–water partition coefficient (Wildman–Crippen LogP) is 11.1. The van der Waals surface area contributed by atoms with E-state index in [4.69, 9.17) is 0 Å². The first-order valence-electron chi connectivity index (χ1n) is 17.5. The predicted molar refractivity (Wildman–Crippen MR) is 215 cm³/mol. The molecule has 1 aromatic heterocycles. The van der Waals surface area contributed by atoms with Crippen molar-refractivity contribution in [3.05, 3.63) is 145 Å². The first-order chi connectivity index (χ1) is 23.6. The largest absolute Gasteiger partial charge is 0.310 e. The highest BCUT2D eigenvalue weighted by Crippen LogP contribution is 2.50. The van der Waals surface area contributed by atoms with Gasteiger partial charge in [0.05, 0.1) is 5.69 Å². The molecular formula is C46H40BNS. The fraction of sp³-hybridized carbons (Fsp3) is 0.174. The number of fused-ring (bicyclic) bond motifs is 7. The maximum absolute atomic E-state index is 2.60. The van der Waals surface area contributed by atoms with Crippen molar-refractivity contribution in [3.63, 3.8) is 0 Å². The van der Waals surface area contributed by atoms with Crippen molar-refractivity contribution in [1.82, 2.24) is 0 Å². The Labute approximate surface area is 295 Å². The molecule has 1 nitrogen and oxygen atoms in total. The highest BCUT2D eigenvalue weighted by atomic mass is 32.1. The van der Waals surface area contributed by atoms with Gasteiger partial charge in [0, 0.05) is 32.6 Å². The molecule has 0 unspecified atom stereocenters. The molecule has 9 rings (SSSR count). The van der Waals surface area contributed by atoms with Crippen LogP contribution in [0.5, 0.6) is 0 Å². The summed E-state index contributed by atoms with van der Waals surface area (Å²) >= 11 is 1.99. The molecule has 238 valence electrons. The lowest BCUT2D eigenvalue weighted by molar-refractivity contribution is 0.590. The zero-order valence-corrected chi connectivity index (χ0v) is 30.0. The molecule has 0 bridgehead atoms. The summed E-state index contributed by atoms with van der Waals surface area (Å²) in [7, 11) is 0. The number of nitrogens with zero attached hydrogens (tertiary/aromatic N) is 1. The highest BCUT2D eigenvalue weighted by molar-refractivity contribution is 7.34. The number of hydrogen-bond donors (Lipinski definition) is 0. The van der Waals surface area contributed by atoms with Crippen molar-refractivity contribution in [2.24, 2.45) is 0 Å². The summed E-state index contributed by atoms with van der Waals surface area (Å²) in [6.45, 7) is 14.1. The van der Waals surface area contributed by atoms with E-state index in [9.17, 15) is 0 Å². The minimum absolute atomic E-state index is 0.0252. The lowest BCUT2D eigenvalue weighted by Gasteiger charge is -2.38. The molecule has 0 atom stereocenters. The number of para-hydroxylation sites is 1. The van der Waals surface area contributed by atoms with Crippen LogP contribution in [0.25, 0.3) is 43.5 Å². The third kappa shape index (κ3) is 4.66. The van der Waals surface area contributed by atoms with Gasteiger partial charge in [0.15, 0.2) is 0 Å². The van der Waals surface area contributed by atoms with E-state index < -0.39 is 0 Å². The van der Waals surface area contributed by atoms with Crippen LogP contribution in [-0.2, 0) is 10.8 Å². The van der Waals surface area contributed by atoms with Gasteiger partial charge < -0.3 is 4.90 Å². The summed E-state index contributed by atoms with van der Waals surface area (Å²) in [5.74, 6) is 0. The van der Waals surface area contributed by atoms with E-state index in [1.54, 1.807) is 0 Å². The zero-order valence-electron chi connectivity index (χ0n) is 29.1. The van der Waals surface area contributed by atoms with Gasteiger partial charge in [-0.1, -0.05) is 145 Å². The van der Waals surface area contributed by atoms with E-state index in [1.165, 1.54) is 87.4 Å². The van der Waals surface area contributed by atoms with Crippen LogP contribution in [0.15, 0.2) is 133 Å². The SMILES string of the molecule is CC(C)(C)c1ccc(N2c3ccccc3B3c4sc5ccc(C(C)(C)C)cc5c4-c4ccc(-c5ccccc5)c2c43)c(-c2ccccc2)c1. The average Bonchev–Trinajstić information content (AvgIpc) is 3.63. The standard InChI is InChI=1S/C46H40BNS/c1-45(2,3)31-21-25-38(35(27-31)30-17-11-8-12-18-30)48-39-20-14-13-19-37(39)47-42-34(24-23-33(43(42)48)29-15-9-7-10-16-29)41-36-28-32(46(4,5)6)22-26-40(36)49-44(41)47/h7-28H,1-6H3. The maximum Gasteiger partial charge on any atom is 0.260 e. The van der Waals surface area contributed by atoms with Crippen molar-refractivity contribution in [3.8, 4) is 33.4 Å². The number of hydrogen-bond acceptors (Lipinski definition) is 2. The summed E-state index contributed by atoms with van der Waals surface area (Å²) < 4.78 is 2.85. The molecule has 3 heterocycles. The van der Waals surface area contributed by atoms with Crippen molar-refractivity contribution < 1.29 is 0 Å². The van der Waals surface area contributed by atoms with Crippen LogP contribution in [0.4, 0.5) is 17.1 Å². The van der Waals surface area contributed by atoms with Gasteiger partial charge in [-0.15, -0.1) is 11.3 Å². The minimum Gasteiger partial charge on any atom is -0.310 e. The molecular weight excluding hydrogens is 609 g/mol. The molecule has 0 amide bonds. The van der Waals surface area contributed by atoms with Gasteiger partial charge in [0.1, 0.15) is 0 Å². The van der Waals surface area contributed by atoms with Gasteiger partial charge in [-0.05, 0) is 90.2 Å². The Hall–Kier alpha value is -4.86. The molecule has 0 saturated heterocycles. The summed E-state index contributed by atoms with van der Waals surface area (Å²) in [5, 5.41) is 1.39. The molecule has 2 aliphatic rings. The lowest BCUT2D eigenvalue weighted by atomic mass is 9.39. The topological polar surface area (TPSA) is 3.24 Å². The zero-order chi connectivity index (χ0) is 33.7. The van der Waals surface area contributed by atoms with Gasteiger partial charge in [-0.3, -0.25) is 0 Å². The van der Waals surface area contributed by atoms with Crippen LogP contribution >= 0.6 is 11.3 Å². The number of anilines is 3. The molecule has 0 aliphatic carbocycles. The number of benzene rings is 6. The fourth-order valence-corrected chi connectivity index (χ4v) is 9.38. The minimum atomic E-state index is 0.0252. The highest BCUT2D eigenvalue weighted by Gasteiger charge is 2.46. The molecule has 0 saturated carbocycles. The van der Waals surface area contributed by atoms with Crippen LogP contribution in [0.2, 0.25) is 0 Å². The van der Waals surface area contributed by atoms with E-state index >= 15 is 0 Å². The number of rotatable bonds is 3. The average molecular weight is 650 g/mol. The lowest BCUT2D eigenvalue weighted by Crippen LogP contribution is -2.54. The Morgan fingerprint density at radius 1 is 0.531 bits per heavy atom. The van der Waals surface area contributed by atoms with Gasteiger partial charge in [0.2, 0.25) is 0 Å².